The normalized spacial score (nSPS) is 10.7. The van der Waals surface area contributed by atoms with Gasteiger partial charge in [0.05, 0.1) is 23.7 Å². The van der Waals surface area contributed by atoms with Crippen LogP contribution in [0.2, 0.25) is 0 Å². The van der Waals surface area contributed by atoms with E-state index in [0.29, 0.717) is 11.2 Å². The average Bonchev–Trinajstić information content (AvgIpc) is 2.42. The molecular weight excluding hydrogens is 374 g/mol. The van der Waals surface area contributed by atoms with Gasteiger partial charge in [0.1, 0.15) is 10.4 Å². The van der Waals surface area contributed by atoms with Crippen LogP contribution < -0.4 is 9.47 Å². The van der Waals surface area contributed by atoms with Gasteiger partial charge in [-0.1, -0.05) is 13.3 Å². The average molecular weight is 389 g/mol. The first kappa shape index (κ1) is 14.6. The minimum absolute atomic E-state index is 0.685. The second-order valence-electron chi connectivity index (χ2n) is 4.13. The number of benzene rings is 1. The topological polar surface area (TPSA) is 31.4 Å². The van der Waals surface area contributed by atoms with Crippen LogP contribution in [0.4, 0.5) is 0 Å². The summed E-state index contributed by atoms with van der Waals surface area (Å²) < 4.78 is 12.7. The minimum atomic E-state index is 0.685. The van der Waals surface area contributed by atoms with E-state index in [4.69, 9.17) is 9.47 Å². The van der Waals surface area contributed by atoms with Gasteiger partial charge in [-0.15, -0.1) is 0 Å². The van der Waals surface area contributed by atoms with E-state index in [0.717, 1.165) is 39.7 Å². The zero-order chi connectivity index (χ0) is 13.8. The number of fused-ring (bicyclic) bond motifs is 1. The first-order valence-electron chi connectivity index (χ1n) is 6.13. The van der Waals surface area contributed by atoms with E-state index in [9.17, 15) is 0 Å². The molecule has 0 aliphatic heterocycles. The first-order valence-corrected chi connectivity index (χ1v) is 7.71. The third-order valence-electron chi connectivity index (χ3n) is 2.79. The summed E-state index contributed by atoms with van der Waals surface area (Å²) in [6, 6.07) is 5.77. The van der Waals surface area contributed by atoms with Crippen molar-refractivity contribution in [2.24, 2.45) is 0 Å². The van der Waals surface area contributed by atoms with Crippen molar-refractivity contribution in [2.45, 2.75) is 19.8 Å². The lowest BCUT2D eigenvalue weighted by atomic mass is 10.2. The highest BCUT2D eigenvalue weighted by molar-refractivity contribution is 9.11. The van der Waals surface area contributed by atoms with E-state index >= 15 is 0 Å². The van der Waals surface area contributed by atoms with Crippen molar-refractivity contribution in [1.29, 1.82) is 0 Å². The highest BCUT2D eigenvalue weighted by atomic mass is 79.9. The predicted octanol–water partition coefficient (Wildman–Crippen LogP) is 4.95. The Labute approximate surface area is 129 Å². The molecule has 0 atom stereocenters. The van der Waals surface area contributed by atoms with E-state index in [2.05, 4.69) is 43.8 Å². The van der Waals surface area contributed by atoms with Gasteiger partial charge >= 0.3 is 0 Å². The molecule has 0 bridgehead atoms. The summed E-state index contributed by atoms with van der Waals surface area (Å²) in [6.45, 7) is 2.82. The zero-order valence-corrected chi connectivity index (χ0v) is 14.0. The Morgan fingerprint density at radius 3 is 2.74 bits per heavy atom. The van der Waals surface area contributed by atoms with E-state index in [1.165, 1.54) is 0 Å². The Kier molecular flexibility index (Phi) is 5.05. The summed E-state index contributed by atoms with van der Waals surface area (Å²) >= 11 is 7.06. The number of nitrogens with zero attached hydrogens (tertiary/aromatic N) is 1. The van der Waals surface area contributed by atoms with Gasteiger partial charge in [-0.3, -0.25) is 0 Å². The number of rotatable bonds is 5. The maximum atomic E-state index is 5.79. The second-order valence-corrected chi connectivity index (χ2v) is 5.67. The molecule has 1 aromatic heterocycles. The van der Waals surface area contributed by atoms with Crippen molar-refractivity contribution in [3.63, 3.8) is 0 Å². The summed E-state index contributed by atoms with van der Waals surface area (Å²) in [6.07, 6.45) is 2.12. The van der Waals surface area contributed by atoms with Crippen molar-refractivity contribution in [3.05, 3.63) is 27.3 Å². The molecule has 0 unspecified atom stereocenters. The molecule has 1 heterocycles. The number of aromatic nitrogens is 1. The Hall–Kier alpha value is -0.810. The van der Waals surface area contributed by atoms with Gasteiger partial charge in [0, 0.05) is 5.39 Å². The molecule has 0 saturated carbocycles. The molecule has 0 aliphatic carbocycles. The van der Waals surface area contributed by atoms with Crippen molar-refractivity contribution >= 4 is 42.8 Å². The summed E-state index contributed by atoms with van der Waals surface area (Å²) in [5.74, 6) is 1.55. The SMILES string of the molecule is CCCCOc1c(Br)nc2ccc(OC)cc2c1Br. The molecule has 5 heteroatoms. The number of methoxy groups -OCH3 is 1. The standard InChI is InChI=1S/C14H15Br2NO2/c1-3-4-7-19-13-12(15)10-8-9(18-2)5-6-11(10)17-14(13)16/h5-6,8H,3-4,7H2,1-2H3. The summed E-state index contributed by atoms with van der Waals surface area (Å²) in [4.78, 5) is 4.50. The van der Waals surface area contributed by atoms with Crippen LogP contribution >= 0.6 is 31.9 Å². The van der Waals surface area contributed by atoms with Crippen LogP contribution in [-0.4, -0.2) is 18.7 Å². The van der Waals surface area contributed by atoms with Crippen molar-refractivity contribution in [3.8, 4) is 11.5 Å². The van der Waals surface area contributed by atoms with Gasteiger partial charge < -0.3 is 9.47 Å². The fourth-order valence-electron chi connectivity index (χ4n) is 1.73. The monoisotopic (exact) mass is 387 g/mol. The van der Waals surface area contributed by atoms with E-state index in [-0.39, 0.29) is 0 Å². The number of hydrogen-bond acceptors (Lipinski definition) is 3. The van der Waals surface area contributed by atoms with E-state index < -0.39 is 0 Å². The fraction of sp³-hybridized carbons (Fsp3) is 0.357. The molecule has 0 radical (unpaired) electrons. The quantitative estimate of drug-likeness (QED) is 0.536. The predicted molar refractivity (Wildman–Crippen MR) is 84.1 cm³/mol. The van der Waals surface area contributed by atoms with Gasteiger partial charge in [0.15, 0.2) is 5.75 Å². The fourth-order valence-corrected chi connectivity index (χ4v) is 3.12. The number of unbranched alkanes of at least 4 members (excludes halogenated alkanes) is 1. The molecule has 2 aromatic rings. The van der Waals surface area contributed by atoms with E-state index in [1.807, 2.05) is 18.2 Å². The molecule has 1 aromatic carbocycles. The lowest BCUT2D eigenvalue weighted by molar-refractivity contribution is 0.305. The maximum Gasteiger partial charge on any atom is 0.166 e. The molecule has 3 nitrogen and oxygen atoms in total. The highest BCUT2D eigenvalue weighted by Crippen LogP contribution is 2.38. The molecule has 0 aliphatic rings. The molecule has 102 valence electrons. The van der Waals surface area contributed by atoms with Crippen LogP contribution in [0.1, 0.15) is 19.8 Å². The summed E-state index contributed by atoms with van der Waals surface area (Å²) in [7, 11) is 1.65. The number of halogens is 2. The van der Waals surface area contributed by atoms with Crippen LogP contribution in [0.3, 0.4) is 0 Å². The zero-order valence-electron chi connectivity index (χ0n) is 10.9. The van der Waals surface area contributed by atoms with Crippen LogP contribution in [0.5, 0.6) is 11.5 Å². The first-order chi connectivity index (χ1) is 9.17. The summed E-state index contributed by atoms with van der Waals surface area (Å²) in [5.41, 5.74) is 0.891. The van der Waals surface area contributed by atoms with Gasteiger partial charge in [-0.2, -0.15) is 0 Å². The number of hydrogen-bond donors (Lipinski definition) is 0. The molecule has 0 fully saturated rings. The van der Waals surface area contributed by atoms with Crippen molar-refractivity contribution < 1.29 is 9.47 Å². The third-order valence-corrected chi connectivity index (χ3v) is 4.11. The Bertz CT molecular complexity index is 587. The van der Waals surface area contributed by atoms with Gasteiger partial charge in [0.25, 0.3) is 0 Å². The third kappa shape index (κ3) is 3.20. The smallest absolute Gasteiger partial charge is 0.166 e. The van der Waals surface area contributed by atoms with Crippen LogP contribution in [0, 0.1) is 0 Å². The Balaban J connectivity index is 2.46. The molecule has 0 amide bonds. The molecule has 0 N–H and O–H groups in total. The Morgan fingerprint density at radius 1 is 1.26 bits per heavy atom. The van der Waals surface area contributed by atoms with Gasteiger partial charge in [-0.25, -0.2) is 4.98 Å². The van der Waals surface area contributed by atoms with Crippen LogP contribution in [0.25, 0.3) is 10.9 Å². The molecule has 0 spiro atoms. The molecular formula is C14H15Br2NO2. The van der Waals surface area contributed by atoms with Crippen molar-refractivity contribution in [2.75, 3.05) is 13.7 Å². The minimum Gasteiger partial charge on any atom is -0.497 e. The summed E-state index contributed by atoms with van der Waals surface area (Å²) in [5, 5.41) is 0.981. The van der Waals surface area contributed by atoms with Gasteiger partial charge in [0.2, 0.25) is 0 Å². The lowest BCUT2D eigenvalue weighted by Crippen LogP contribution is -1.99. The van der Waals surface area contributed by atoms with Crippen molar-refractivity contribution in [1.82, 2.24) is 4.98 Å². The number of pyridine rings is 1. The largest absolute Gasteiger partial charge is 0.497 e. The Morgan fingerprint density at radius 2 is 2.05 bits per heavy atom. The van der Waals surface area contributed by atoms with Crippen LogP contribution in [-0.2, 0) is 0 Å². The lowest BCUT2D eigenvalue weighted by Gasteiger charge is -2.12. The molecule has 19 heavy (non-hydrogen) atoms. The van der Waals surface area contributed by atoms with E-state index in [1.54, 1.807) is 7.11 Å². The highest BCUT2D eigenvalue weighted by Gasteiger charge is 2.13. The number of ether oxygens (including phenoxy) is 2. The molecule has 2 rings (SSSR count). The van der Waals surface area contributed by atoms with Gasteiger partial charge in [-0.05, 0) is 56.5 Å². The van der Waals surface area contributed by atoms with Crippen LogP contribution in [0.15, 0.2) is 27.3 Å². The molecule has 0 saturated heterocycles. The second kappa shape index (κ2) is 6.57. The maximum absolute atomic E-state index is 5.79.